The first-order valence-corrected chi connectivity index (χ1v) is 10.7. The van der Waals surface area contributed by atoms with Gasteiger partial charge in [-0.05, 0) is 89.4 Å². The van der Waals surface area contributed by atoms with Gasteiger partial charge in [-0.3, -0.25) is 0 Å². The molecule has 0 bridgehead atoms. The summed E-state index contributed by atoms with van der Waals surface area (Å²) in [5.41, 5.74) is 0.191. The number of carboxylic acids is 1. The van der Waals surface area contributed by atoms with Gasteiger partial charge in [0, 0.05) is 26.4 Å². The van der Waals surface area contributed by atoms with Gasteiger partial charge in [-0.15, -0.1) is 0 Å². The average molecular weight is 496 g/mol. The fourth-order valence-electron chi connectivity index (χ4n) is 2.35. The average Bonchev–Trinajstić information content (AvgIpc) is 2.68. The topological polar surface area (TPSA) is 65.0 Å². The highest BCUT2D eigenvalue weighted by molar-refractivity contribution is 9.11. The molecule has 0 amide bonds. The number of ether oxygens (including phenoxy) is 3. The Hall–Kier alpha value is -0.630. The number of rotatable bonds is 3. The van der Waals surface area contributed by atoms with Gasteiger partial charge in [0.05, 0.1) is 21.1 Å². The van der Waals surface area contributed by atoms with E-state index >= 15 is 0 Å². The fraction of sp³-hybridized carbons (Fsp3) is 0.632. The monoisotopic (exact) mass is 494 g/mol. The third-order valence-electron chi connectivity index (χ3n) is 3.72. The van der Waals surface area contributed by atoms with Gasteiger partial charge >= 0.3 is 5.97 Å². The lowest BCUT2D eigenvalue weighted by Crippen LogP contribution is -2.03. The van der Waals surface area contributed by atoms with Gasteiger partial charge in [0.15, 0.2) is 0 Å². The summed E-state index contributed by atoms with van der Waals surface area (Å²) in [6.45, 7) is 6.33. The van der Waals surface area contributed by atoms with Crippen LogP contribution in [0.5, 0.6) is 5.75 Å². The molecule has 2 heterocycles. The lowest BCUT2D eigenvalue weighted by molar-refractivity contribution is 0.0695. The van der Waals surface area contributed by atoms with Crippen molar-refractivity contribution in [2.45, 2.75) is 45.4 Å². The molecule has 1 aromatic rings. The van der Waals surface area contributed by atoms with E-state index in [0.717, 1.165) is 30.9 Å². The summed E-state index contributed by atoms with van der Waals surface area (Å²) in [6, 6.07) is 3.16. The number of carboxylic acid groups (broad SMARTS) is 1. The zero-order valence-corrected chi connectivity index (χ0v) is 18.4. The maximum atomic E-state index is 10.8. The minimum atomic E-state index is -0.981. The van der Waals surface area contributed by atoms with E-state index in [-0.39, 0.29) is 5.56 Å². The zero-order valence-electron chi connectivity index (χ0n) is 15.3. The van der Waals surface area contributed by atoms with Crippen LogP contribution in [0.1, 0.15) is 55.8 Å². The van der Waals surface area contributed by atoms with Crippen molar-refractivity contribution in [3.8, 4) is 5.75 Å². The van der Waals surface area contributed by atoms with E-state index < -0.39 is 5.97 Å². The summed E-state index contributed by atoms with van der Waals surface area (Å²) in [5.74, 6) is -0.460. The van der Waals surface area contributed by atoms with Crippen LogP contribution in [0.3, 0.4) is 0 Å². The Labute approximate surface area is 172 Å². The normalized spacial score (nSPS) is 16.4. The molecule has 3 rings (SSSR count). The van der Waals surface area contributed by atoms with Crippen molar-refractivity contribution in [3.63, 3.8) is 0 Å². The molecule has 1 N–H and O–H groups in total. The van der Waals surface area contributed by atoms with E-state index in [1.54, 1.807) is 6.07 Å². The lowest BCUT2D eigenvalue weighted by atomic mass is 10.2. The van der Waals surface area contributed by atoms with Crippen molar-refractivity contribution >= 4 is 37.8 Å². The highest BCUT2D eigenvalue weighted by Crippen LogP contribution is 2.36. The van der Waals surface area contributed by atoms with E-state index in [4.69, 9.17) is 19.3 Å². The molecule has 0 unspecified atom stereocenters. The molecule has 0 radical (unpaired) electrons. The van der Waals surface area contributed by atoms with Crippen molar-refractivity contribution in [3.05, 3.63) is 26.6 Å². The molecule has 2 aliphatic heterocycles. The van der Waals surface area contributed by atoms with Crippen LogP contribution in [0.15, 0.2) is 21.1 Å². The van der Waals surface area contributed by atoms with Gasteiger partial charge in [-0.25, -0.2) is 4.79 Å². The molecular formula is C19H28Br2O5. The fourth-order valence-corrected chi connectivity index (χ4v) is 3.69. The van der Waals surface area contributed by atoms with Crippen LogP contribution in [0.2, 0.25) is 0 Å². The first-order valence-electron chi connectivity index (χ1n) is 9.07. The third kappa shape index (κ3) is 9.35. The lowest BCUT2D eigenvalue weighted by Gasteiger charge is -2.09. The number of hydrogen-bond acceptors (Lipinski definition) is 4. The molecule has 26 heavy (non-hydrogen) atoms. The highest BCUT2D eigenvalue weighted by atomic mass is 79.9. The minimum Gasteiger partial charge on any atom is -0.491 e. The van der Waals surface area contributed by atoms with Gasteiger partial charge in [-0.1, -0.05) is 0 Å². The number of halogens is 2. The molecule has 2 saturated heterocycles. The molecule has 0 spiro atoms. The van der Waals surface area contributed by atoms with Crippen molar-refractivity contribution in [1.82, 2.24) is 0 Å². The zero-order chi connectivity index (χ0) is 19.2. The van der Waals surface area contributed by atoms with Gasteiger partial charge in [-0.2, -0.15) is 0 Å². The van der Waals surface area contributed by atoms with E-state index in [1.807, 2.05) is 6.92 Å². The minimum absolute atomic E-state index is 0.191. The van der Waals surface area contributed by atoms with E-state index in [1.165, 1.54) is 44.6 Å². The quantitative estimate of drug-likeness (QED) is 0.584. The number of aromatic carboxylic acids is 1. The van der Waals surface area contributed by atoms with Gasteiger partial charge < -0.3 is 19.3 Å². The van der Waals surface area contributed by atoms with Crippen molar-refractivity contribution < 1.29 is 24.1 Å². The highest BCUT2D eigenvalue weighted by Gasteiger charge is 2.15. The molecular weight excluding hydrogens is 468 g/mol. The maximum absolute atomic E-state index is 10.8. The summed E-state index contributed by atoms with van der Waals surface area (Å²) in [6.07, 6.45) is 7.86. The van der Waals surface area contributed by atoms with E-state index in [2.05, 4.69) is 31.9 Å². The van der Waals surface area contributed by atoms with E-state index in [0.29, 0.717) is 16.8 Å². The summed E-state index contributed by atoms with van der Waals surface area (Å²) >= 11 is 6.48. The van der Waals surface area contributed by atoms with Crippen molar-refractivity contribution in [2.75, 3.05) is 33.0 Å². The Bertz CT molecular complexity index is 494. The number of hydrogen-bond donors (Lipinski definition) is 1. The van der Waals surface area contributed by atoms with Crippen LogP contribution in [-0.4, -0.2) is 44.1 Å². The van der Waals surface area contributed by atoms with Gasteiger partial charge in [0.25, 0.3) is 0 Å². The van der Waals surface area contributed by atoms with Crippen molar-refractivity contribution in [1.29, 1.82) is 0 Å². The van der Waals surface area contributed by atoms with Gasteiger partial charge in [0.1, 0.15) is 5.75 Å². The van der Waals surface area contributed by atoms with Crippen LogP contribution in [0.25, 0.3) is 0 Å². The Kier molecular flexibility index (Phi) is 13.0. The van der Waals surface area contributed by atoms with Crippen LogP contribution in [0, 0.1) is 0 Å². The Morgan fingerprint density at radius 2 is 1.50 bits per heavy atom. The Balaban J connectivity index is 0.000000230. The molecule has 0 aromatic heterocycles. The molecule has 0 aliphatic carbocycles. The molecule has 148 valence electrons. The first-order chi connectivity index (χ1) is 12.6. The number of carbonyl (C=O) groups is 1. The number of benzene rings is 1. The van der Waals surface area contributed by atoms with Crippen LogP contribution < -0.4 is 4.74 Å². The van der Waals surface area contributed by atoms with Crippen LogP contribution in [0.4, 0.5) is 0 Å². The predicted molar refractivity (Wildman–Crippen MR) is 109 cm³/mol. The first kappa shape index (κ1) is 23.4. The summed E-state index contributed by atoms with van der Waals surface area (Å²) in [4.78, 5) is 10.8. The van der Waals surface area contributed by atoms with E-state index in [9.17, 15) is 4.79 Å². The summed E-state index contributed by atoms with van der Waals surface area (Å²) < 4.78 is 16.6. The second-order valence-corrected chi connectivity index (χ2v) is 7.47. The van der Waals surface area contributed by atoms with Crippen LogP contribution >= 0.6 is 31.9 Å². The molecule has 2 fully saturated rings. The smallest absolute Gasteiger partial charge is 0.336 e. The summed E-state index contributed by atoms with van der Waals surface area (Å²) in [5, 5.41) is 8.85. The predicted octanol–water partition coefficient (Wildman–Crippen LogP) is 5.68. The van der Waals surface area contributed by atoms with Gasteiger partial charge in [0.2, 0.25) is 0 Å². The Morgan fingerprint density at radius 1 is 1.00 bits per heavy atom. The third-order valence-corrected chi connectivity index (χ3v) is 5.13. The standard InChI is InChI=1S/C9H8Br2O3.2C5H10O/c1-2-14-8-6(10)4-3-5(7(8)11)9(12)13;2*1-2-4-6-5-3-1/h3-4H,2H2,1H3,(H,12,13);2*1-5H2. The van der Waals surface area contributed by atoms with Crippen LogP contribution in [-0.2, 0) is 9.47 Å². The molecule has 5 nitrogen and oxygen atoms in total. The molecule has 0 saturated carbocycles. The SMILES string of the molecule is C1CCOCC1.C1CCOCC1.CCOc1c(Br)ccc(C(=O)O)c1Br. The molecule has 7 heteroatoms. The largest absolute Gasteiger partial charge is 0.491 e. The summed E-state index contributed by atoms with van der Waals surface area (Å²) in [7, 11) is 0. The maximum Gasteiger partial charge on any atom is 0.336 e. The molecule has 1 aromatic carbocycles. The molecule has 0 atom stereocenters. The molecule has 2 aliphatic rings. The van der Waals surface area contributed by atoms with Crippen molar-refractivity contribution in [2.24, 2.45) is 0 Å². The second kappa shape index (κ2) is 14.4. The second-order valence-electron chi connectivity index (χ2n) is 5.82. The Morgan fingerprint density at radius 3 is 1.81 bits per heavy atom.